The molecular weight excluding hydrogens is 548 g/mol. The normalized spacial score (nSPS) is 29.3. The Bertz CT molecular complexity index is 1490. The highest BCUT2D eigenvalue weighted by Crippen LogP contribution is 2.53. The van der Waals surface area contributed by atoms with E-state index in [0.29, 0.717) is 22.6 Å². The molecule has 5 unspecified atom stereocenters. The second-order valence-electron chi connectivity index (χ2n) is 13.5. The van der Waals surface area contributed by atoms with Gasteiger partial charge in [-0.3, -0.25) is 9.62 Å². The van der Waals surface area contributed by atoms with Crippen LogP contribution in [-0.4, -0.2) is 43.7 Å². The number of fused-ring (bicyclic) bond motifs is 2. The predicted molar refractivity (Wildman–Crippen MR) is 163 cm³/mol. The Balaban J connectivity index is 1.25. The van der Waals surface area contributed by atoms with E-state index in [-0.39, 0.29) is 23.7 Å². The molecule has 3 aromatic carbocycles. The second kappa shape index (κ2) is 11.4. The van der Waals surface area contributed by atoms with Crippen molar-refractivity contribution in [1.29, 1.82) is 0 Å². The van der Waals surface area contributed by atoms with E-state index in [4.69, 9.17) is 9.47 Å². The average molecular weight is 591 g/mol. The molecule has 3 fully saturated rings. The largest absolute Gasteiger partial charge is 0.392 e. The molecule has 42 heavy (non-hydrogen) atoms. The molecule has 2 bridgehead atoms. The molecule has 0 spiro atoms. The zero-order valence-corrected chi connectivity index (χ0v) is 25.5. The number of nitrogens with zero attached hydrogens (tertiary/aromatic N) is 1. The van der Waals surface area contributed by atoms with Crippen LogP contribution in [0.15, 0.2) is 83.8 Å². The van der Waals surface area contributed by atoms with Crippen molar-refractivity contribution >= 4 is 15.7 Å². The topological polar surface area (TPSA) is 88.1 Å². The van der Waals surface area contributed by atoms with E-state index in [0.717, 1.165) is 36.2 Å². The molecule has 0 amide bonds. The van der Waals surface area contributed by atoms with Crippen LogP contribution in [0, 0.1) is 10.8 Å². The summed E-state index contributed by atoms with van der Waals surface area (Å²) in [4.78, 5) is 2.85. The first-order valence-corrected chi connectivity index (χ1v) is 16.4. The SMILES string of the molecule is CC1(C)CC2CC(C)(CN2CC2CC(c3ccc(CO)cc3)OC(c3cccc(NS(=O)(=O)c4ccccc4)c3)O2)C1. The van der Waals surface area contributed by atoms with Crippen LogP contribution in [0.2, 0.25) is 0 Å². The maximum absolute atomic E-state index is 13.0. The number of nitrogens with one attached hydrogen (secondary N) is 1. The molecule has 5 atom stereocenters. The highest BCUT2D eigenvalue weighted by Gasteiger charge is 2.50. The molecule has 3 aromatic rings. The number of ether oxygens (including phenoxy) is 2. The summed E-state index contributed by atoms with van der Waals surface area (Å²) in [5.74, 6) is 0. The summed E-state index contributed by atoms with van der Waals surface area (Å²) >= 11 is 0. The van der Waals surface area contributed by atoms with Crippen molar-refractivity contribution in [3.63, 3.8) is 0 Å². The molecule has 6 rings (SSSR count). The molecule has 0 aromatic heterocycles. The van der Waals surface area contributed by atoms with Crippen molar-refractivity contribution in [1.82, 2.24) is 4.90 Å². The Hall–Kier alpha value is -2.75. The molecule has 7 nitrogen and oxygen atoms in total. The van der Waals surface area contributed by atoms with Crippen LogP contribution in [-0.2, 0) is 26.1 Å². The Kier molecular flexibility index (Phi) is 7.96. The van der Waals surface area contributed by atoms with Gasteiger partial charge >= 0.3 is 0 Å². The smallest absolute Gasteiger partial charge is 0.261 e. The molecule has 2 aliphatic heterocycles. The van der Waals surface area contributed by atoms with Crippen LogP contribution in [0.25, 0.3) is 0 Å². The van der Waals surface area contributed by atoms with Crippen LogP contribution < -0.4 is 4.72 Å². The number of hydrogen-bond acceptors (Lipinski definition) is 6. The summed E-state index contributed by atoms with van der Waals surface area (Å²) in [6, 6.07) is 24.1. The van der Waals surface area contributed by atoms with E-state index < -0.39 is 16.3 Å². The van der Waals surface area contributed by atoms with Crippen molar-refractivity contribution in [2.75, 3.05) is 17.8 Å². The van der Waals surface area contributed by atoms with Gasteiger partial charge in [-0.1, -0.05) is 75.4 Å². The third-order valence-electron chi connectivity index (χ3n) is 9.04. The van der Waals surface area contributed by atoms with Gasteiger partial charge in [-0.15, -0.1) is 0 Å². The van der Waals surface area contributed by atoms with Gasteiger partial charge in [-0.05, 0) is 65.5 Å². The number of aliphatic hydroxyl groups is 1. The van der Waals surface area contributed by atoms with Crippen LogP contribution >= 0.6 is 0 Å². The summed E-state index contributed by atoms with van der Waals surface area (Å²) in [5, 5.41) is 9.54. The summed E-state index contributed by atoms with van der Waals surface area (Å²) < 4.78 is 41.9. The summed E-state index contributed by atoms with van der Waals surface area (Å²) in [5.41, 5.74) is 3.80. The fourth-order valence-corrected chi connectivity index (χ4v) is 8.72. The van der Waals surface area contributed by atoms with Gasteiger partial charge in [-0.25, -0.2) is 8.42 Å². The van der Waals surface area contributed by atoms with Crippen molar-refractivity contribution in [2.45, 2.75) is 82.5 Å². The van der Waals surface area contributed by atoms with Gasteiger partial charge < -0.3 is 14.6 Å². The fraction of sp³-hybridized carbons (Fsp3) is 0.471. The Morgan fingerprint density at radius 2 is 1.69 bits per heavy atom. The summed E-state index contributed by atoms with van der Waals surface area (Å²) in [7, 11) is -3.73. The number of rotatable bonds is 8. The Labute approximate surface area is 249 Å². The van der Waals surface area contributed by atoms with Crippen molar-refractivity contribution in [2.24, 2.45) is 10.8 Å². The highest BCUT2D eigenvalue weighted by molar-refractivity contribution is 7.92. The van der Waals surface area contributed by atoms with Crippen LogP contribution in [0.3, 0.4) is 0 Å². The molecule has 2 heterocycles. The molecular formula is C34H42N2O5S. The summed E-state index contributed by atoms with van der Waals surface area (Å²) in [6.45, 7) is 9.14. The first-order chi connectivity index (χ1) is 20.0. The van der Waals surface area contributed by atoms with Gasteiger partial charge in [0.15, 0.2) is 6.29 Å². The Morgan fingerprint density at radius 3 is 2.43 bits per heavy atom. The zero-order chi connectivity index (χ0) is 29.5. The minimum absolute atomic E-state index is 0.00267. The molecule has 224 valence electrons. The minimum Gasteiger partial charge on any atom is -0.392 e. The van der Waals surface area contributed by atoms with Gasteiger partial charge in [0, 0.05) is 36.8 Å². The van der Waals surface area contributed by atoms with Crippen LogP contribution in [0.5, 0.6) is 0 Å². The van der Waals surface area contributed by atoms with E-state index in [1.807, 2.05) is 36.4 Å². The zero-order valence-electron chi connectivity index (χ0n) is 24.7. The average Bonchev–Trinajstić information content (AvgIpc) is 3.20. The highest BCUT2D eigenvalue weighted by atomic mass is 32.2. The lowest BCUT2D eigenvalue weighted by molar-refractivity contribution is -0.253. The van der Waals surface area contributed by atoms with Gasteiger partial charge in [0.05, 0.1) is 23.7 Å². The number of sulfonamides is 1. The lowest BCUT2D eigenvalue weighted by Gasteiger charge is -2.41. The first-order valence-electron chi connectivity index (χ1n) is 14.9. The minimum atomic E-state index is -3.73. The monoisotopic (exact) mass is 590 g/mol. The predicted octanol–water partition coefficient (Wildman–Crippen LogP) is 6.43. The number of anilines is 1. The number of aliphatic hydroxyl groups excluding tert-OH is 1. The van der Waals surface area contributed by atoms with E-state index in [9.17, 15) is 13.5 Å². The summed E-state index contributed by atoms with van der Waals surface area (Å²) in [6.07, 6.45) is 3.50. The number of hydrogen-bond donors (Lipinski definition) is 2. The van der Waals surface area contributed by atoms with Gasteiger partial charge in [0.25, 0.3) is 10.0 Å². The van der Waals surface area contributed by atoms with Gasteiger partial charge in [-0.2, -0.15) is 0 Å². The molecule has 8 heteroatoms. The molecule has 1 aliphatic carbocycles. The quantitative estimate of drug-likeness (QED) is 0.315. The van der Waals surface area contributed by atoms with Crippen molar-refractivity contribution in [3.05, 3.63) is 95.6 Å². The van der Waals surface area contributed by atoms with E-state index >= 15 is 0 Å². The Morgan fingerprint density at radius 1 is 0.929 bits per heavy atom. The molecule has 2 N–H and O–H groups in total. The van der Waals surface area contributed by atoms with Gasteiger partial charge in [0.2, 0.25) is 0 Å². The van der Waals surface area contributed by atoms with E-state index in [1.54, 1.807) is 42.5 Å². The maximum atomic E-state index is 13.0. The number of likely N-dealkylation sites (tertiary alicyclic amines) is 1. The lowest BCUT2D eigenvalue weighted by atomic mass is 9.65. The first kappa shape index (κ1) is 29.3. The third-order valence-corrected chi connectivity index (χ3v) is 10.4. The van der Waals surface area contributed by atoms with Crippen LogP contribution in [0.1, 0.15) is 75.5 Å². The number of benzene rings is 3. The molecule has 0 radical (unpaired) electrons. The van der Waals surface area contributed by atoms with E-state index in [1.165, 1.54) is 19.3 Å². The maximum Gasteiger partial charge on any atom is 0.261 e. The standard InChI is InChI=1S/C34H42N2O5S/c1-33(2)18-28-19-34(3,22-33)23-36(28)20-29-17-31(25-14-12-24(21-37)13-15-25)41-32(40-29)26-8-7-9-27(16-26)35-42(38,39)30-10-5-4-6-11-30/h4-16,28-29,31-32,35,37H,17-23H2,1-3H3. The van der Waals surface area contributed by atoms with Gasteiger partial charge in [0.1, 0.15) is 0 Å². The molecule has 3 aliphatic rings. The lowest BCUT2D eigenvalue weighted by Crippen LogP contribution is -2.42. The molecule has 2 saturated heterocycles. The molecule has 1 saturated carbocycles. The van der Waals surface area contributed by atoms with Crippen molar-refractivity contribution in [3.8, 4) is 0 Å². The van der Waals surface area contributed by atoms with E-state index in [2.05, 4.69) is 30.4 Å². The fourth-order valence-electron chi connectivity index (χ4n) is 7.65. The van der Waals surface area contributed by atoms with Crippen molar-refractivity contribution < 1.29 is 23.0 Å². The van der Waals surface area contributed by atoms with Crippen LogP contribution in [0.4, 0.5) is 5.69 Å². The third kappa shape index (κ3) is 6.43. The second-order valence-corrected chi connectivity index (χ2v) is 15.2.